The number of carbonyl (C=O) groups is 1. The molecule has 2 aliphatic rings. The van der Waals surface area contributed by atoms with Crippen LogP contribution < -0.4 is 5.01 Å². The predicted octanol–water partition coefficient (Wildman–Crippen LogP) is 8.02. The Morgan fingerprint density at radius 1 is 0.829 bits per heavy atom. The molecule has 1 spiro atoms. The van der Waals surface area contributed by atoms with E-state index >= 15 is 0 Å². The highest BCUT2D eigenvalue weighted by Gasteiger charge is 2.62. The number of para-hydroxylation sites is 2. The molecule has 0 aromatic heterocycles. The summed E-state index contributed by atoms with van der Waals surface area (Å²) in [6.07, 6.45) is 1.87. The largest absolute Gasteiger partial charge is 0.294 e. The third-order valence-corrected chi connectivity index (χ3v) is 11.2. The standard InChI is InChI=1S/C33H29N3O3S2/c1-4-23-14-18-25(19-15-23)32(26-20-16-24(5-2)17-21-26)27-10-6-7-11-28(27)33(41-32)35(34-31(40-33)22(3)37)29-12-8-9-13-30(29)36(38)39/h6-21H,4-5H2,1-3H3/t33-/m0/s1. The first-order valence-corrected chi connectivity index (χ1v) is 15.3. The van der Waals surface area contributed by atoms with Gasteiger partial charge in [-0.15, -0.1) is 0 Å². The number of carbonyl (C=O) groups excluding carboxylic acids is 1. The lowest BCUT2D eigenvalue weighted by Crippen LogP contribution is -2.34. The summed E-state index contributed by atoms with van der Waals surface area (Å²) in [4.78, 5) is 24.6. The highest BCUT2D eigenvalue weighted by atomic mass is 32.2. The van der Waals surface area contributed by atoms with Crippen molar-refractivity contribution in [2.45, 2.75) is 42.6 Å². The summed E-state index contributed by atoms with van der Waals surface area (Å²) in [7, 11) is 0. The number of nitrogens with zero attached hydrogens (tertiary/aromatic N) is 3. The van der Waals surface area contributed by atoms with E-state index in [1.165, 1.54) is 35.9 Å². The van der Waals surface area contributed by atoms with Crippen LogP contribution in [0.4, 0.5) is 11.4 Å². The molecule has 206 valence electrons. The number of nitro groups is 1. The van der Waals surface area contributed by atoms with Gasteiger partial charge in [0, 0.05) is 18.6 Å². The Labute approximate surface area is 248 Å². The lowest BCUT2D eigenvalue weighted by molar-refractivity contribution is -0.384. The van der Waals surface area contributed by atoms with Crippen molar-refractivity contribution in [2.24, 2.45) is 5.10 Å². The van der Waals surface area contributed by atoms with Crippen LogP contribution in [0.5, 0.6) is 0 Å². The number of aryl methyl sites for hydroxylation is 2. The zero-order valence-corrected chi connectivity index (χ0v) is 24.7. The van der Waals surface area contributed by atoms with Crippen molar-refractivity contribution in [1.82, 2.24) is 0 Å². The van der Waals surface area contributed by atoms with Crippen LogP contribution in [0.1, 0.15) is 54.2 Å². The van der Waals surface area contributed by atoms with E-state index in [4.69, 9.17) is 5.10 Å². The normalized spacial score (nSPS) is 18.8. The Balaban J connectivity index is 1.65. The van der Waals surface area contributed by atoms with Crippen molar-refractivity contribution in [3.05, 3.63) is 141 Å². The van der Waals surface area contributed by atoms with Crippen LogP contribution in [-0.2, 0) is 26.6 Å². The quantitative estimate of drug-likeness (QED) is 0.163. The van der Waals surface area contributed by atoms with E-state index in [9.17, 15) is 14.9 Å². The van der Waals surface area contributed by atoms with Crippen LogP contribution in [0.15, 0.2) is 102 Å². The molecule has 8 heteroatoms. The number of ketones is 1. The molecule has 6 rings (SSSR count). The zero-order chi connectivity index (χ0) is 28.8. The lowest BCUT2D eigenvalue weighted by Gasteiger charge is -2.37. The molecule has 4 aromatic carbocycles. The predicted molar refractivity (Wildman–Crippen MR) is 169 cm³/mol. The lowest BCUT2D eigenvalue weighted by atomic mass is 9.81. The number of fused-ring (bicyclic) bond motifs is 2. The molecule has 0 unspecified atom stereocenters. The summed E-state index contributed by atoms with van der Waals surface area (Å²) in [5.41, 5.74) is 7.03. The molecular weight excluding hydrogens is 551 g/mol. The molecule has 2 heterocycles. The van der Waals surface area contributed by atoms with E-state index in [-0.39, 0.29) is 16.4 Å². The van der Waals surface area contributed by atoms with E-state index < -0.39 is 8.95 Å². The van der Waals surface area contributed by atoms with E-state index in [1.54, 1.807) is 35.0 Å². The molecule has 0 bridgehead atoms. The number of anilines is 1. The van der Waals surface area contributed by atoms with Crippen LogP contribution in [0.25, 0.3) is 0 Å². The molecule has 0 N–H and O–H groups in total. The van der Waals surface area contributed by atoms with Gasteiger partial charge in [-0.2, -0.15) is 5.10 Å². The average Bonchev–Trinajstić information content (AvgIpc) is 3.54. The fourth-order valence-corrected chi connectivity index (χ4v) is 9.21. The second-order valence-electron chi connectivity index (χ2n) is 10.1. The minimum absolute atomic E-state index is 0.0591. The molecule has 0 aliphatic carbocycles. The van der Waals surface area contributed by atoms with Gasteiger partial charge in [0.2, 0.25) is 0 Å². The second-order valence-corrected chi connectivity index (χ2v) is 13.0. The Kier molecular flexibility index (Phi) is 6.99. The Morgan fingerprint density at radius 2 is 1.37 bits per heavy atom. The summed E-state index contributed by atoms with van der Waals surface area (Å²) in [6, 6.07) is 32.3. The van der Waals surface area contributed by atoms with Gasteiger partial charge in [-0.05, 0) is 46.7 Å². The average molecular weight is 580 g/mol. The molecule has 41 heavy (non-hydrogen) atoms. The van der Waals surface area contributed by atoms with Crippen LogP contribution >= 0.6 is 23.5 Å². The van der Waals surface area contributed by atoms with Gasteiger partial charge in [-0.1, -0.05) is 122 Å². The molecular formula is C33H29N3O3S2. The van der Waals surface area contributed by atoms with Gasteiger partial charge in [0.05, 0.1) is 9.67 Å². The van der Waals surface area contributed by atoms with Crippen molar-refractivity contribution in [3.8, 4) is 0 Å². The summed E-state index contributed by atoms with van der Waals surface area (Å²) in [5.74, 6) is -0.175. The van der Waals surface area contributed by atoms with E-state index in [0.717, 1.165) is 35.1 Å². The smallest absolute Gasteiger partial charge is 0.292 e. The van der Waals surface area contributed by atoms with Crippen LogP contribution in [0.3, 0.4) is 0 Å². The second kappa shape index (κ2) is 10.5. The van der Waals surface area contributed by atoms with Crippen molar-refractivity contribution < 1.29 is 9.72 Å². The maximum atomic E-state index is 12.8. The Hall–Kier alpha value is -3.88. The molecule has 0 radical (unpaired) electrons. The topological polar surface area (TPSA) is 75.8 Å². The monoisotopic (exact) mass is 579 g/mol. The van der Waals surface area contributed by atoms with Crippen LogP contribution in [0.2, 0.25) is 0 Å². The number of rotatable bonds is 7. The third kappa shape index (κ3) is 4.28. The summed E-state index contributed by atoms with van der Waals surface area (Å²) >= 11 is 3.04. The summed E-state index contributed by atoms with van der Waals surface area (Å²) in [6.45, 7) is 5.78. The van der Waals surface area contributed by atoms with Gasteiger partial charge in [-0.3, -0.25) is 14.9 Å². The molecule has 0 fully saturated rings. The van der Waals surface area contributed by atoms with Gasteiger partial charge in [0.15, 0.2) is 15.0 Å². The number of benzene rings is 4. The molecule has 0 amide bonds. The van der Waals surface area contributed by atoms with Crippen molar-refractivity contribution in [3.63, 3.8) is 0 Å². The highest BCUT2D eigenvalue weighted by molar-refractivity contribution is 8.27. The van der Waals surface area contributed by atoms with Gasteiger partial charge in [0.25, 0.3) is 5.69 Å². The molecule has 1 atom stereocenters. The van der Waals surface area contributed by atoms with E-state index in [2.05, 4.69) is 74.5 Å². The molecule has 4 aromatic rings. The number of hydrazone groups is 1. The number of hydrogen-bond donors (Lipinski definition) is 0. The number of thioether (sulfide) groups is 2. The van der Waals surface area contributed by atoms with Crippen LogP contribution in [-0.4, -0.2) is 15.8 Å². The SMILES string of the molecule is CCc1ccc(C2(c3ccc(CC)cc3)S[C@@]3(SC(C(C)=O)=NN3c3ccccc3[N+](=O)[O-])c3ccccc32)cc1. The van der Waals surface area contributed by atoms with Crippen molar-refractivity contribution in [1.29, 1.82) is 0 Å². The first kappa shape index (κ1) is 27.3. The maximum Gasteiger partial charge on any atom is 0.294 e. The van der Waals surface area contributed by atoms with Gasteiger partial charge >= 0.3 is 0 Å². The molecule has 0 saturated carbocycles. The first-order chi connectivity index (χ1) is 19.8. The Bertz CT molecular complexity index is 1640. The fourth-order valence-electron chi connectivity index (χ4n) is 5.67. The van der Waals surface area contributed by atoms with Gasteiger partial charge in [-0.25, -0.2) is 5.01 Å². The molecule has 0 saturated heterocycles. The van der Waals surface area contributed by atoms with Gasteiger partial charge in [0.1, 0.15) is 5.69 Å². The van der Waals surface area contributed by atoms with E-state index in [1.807, 2.05) is 12.1 Å². The minimum atomic E-state index is -0.962. The minimum Gasteiger partial charge on any atom is -0.292 e. The molecule has 2 aliphatic heterocycles. The van der Waals surface area contributed by atoms with Crippen LogP contribution in [0, 0.1) is 10.1 Å². The third-order valence-electron chi connectivity index (χ3n) is 7.79. The van der Waals surface area contributed by atoms with Crippen molar-refractivity contribution in [2.75, 3.05) is 5.01 Å². The summed E-state index contributed by atoms with van der Waals surface area (Å²) < 4.78 is -1.62. The first-order valence-electron chi connectivity index (χ1n) is 13.6. The van der Waals surface area contributed by atoms with Gasteiger partial charge < -0.3 is 0 Å². The maximum absolute atomic E-state index is 12.8. The zero-order valence-electron chi connectivity index (χ0n) is 23.0. The Morgan fingerprint density at radius 3 is 1.90 bits per heavy atom. The fraction of sp³-hybridized carbons (Fsp3) is 0.212. The molecule has 6 nitrogen and oxygen atoms in total. The highest BCUT2D eigenvalue weighted by Crippen LogP contribution is 2.71. The number of nitro benzene ring substituents is 1. The number of hydrogen-bond acceptors (Lipinski definition) is 7. The van der Waals surface area contributed by atoms with Crippen molar-refractivity contribution >= 4 is 45.7 Å². The van der Waals surface area contributed by atoms with E-state index in [0.29, 0.717) is 10.7 Å². The number of Topliss-reactive ketones (excluding diaryl/α,β-unsaturated/α-hetero) is 1. The summed E-state index contributed by atoms with van der Waals surface area (Å²) in [5, 5.41) is 19.0.